The number of amides is 2. The number of carbonyl (C=O) groups excluding carboxylic acids is 2. The lowest BCUT2D eigenvalue weighted by Gasteiger charge is -2.29. The second-order valence-electron chi connectivity index (χ2n) is 7.87. The van der Waals surface area contributed by atoms with Crippen molar-refractivity contribution in [3.63, 3.8) is 0 Å². The van der Waals surface area contributed by atoms with Crippen molar-refractivity contribution < 1.29 is 14.3 Å². The molecule has 1 aromatic heterocycles. The molecule has 0 aliphatic carbocycles. The standard InChI is InChI=1S/C26H28N4O3/c31-24(28-19-22-12-7-13-27-25(22)30-14-16-33-17-15-30)18-23(20-8-3-1-4-9-20)29-26(32)21-10-5-2-6-11-21/h1-13,23H,14-19H2,(H,28,31)(H,29,32)/t23-/m1/s1. The van der Waals surface area contributed by atoms with E-state index in [-0.39, 0.29) is 18.2 Å². The van der Waals surface area contributed by atoms with E-state index in [2.05, 4.69) is 20.5 Å². The molecule has 0 bridgehead atoms. The van der Waals surface area contributed by atoms with E-state index in [0.29, 0.717) is 25.3 Å². The van der Waals surface area contributed by atoms with Gasteiger partial charge in [0.1, 0.15) is 5.82 Å². The van der Waals surface area contributed by atoms with E-state index in [9.17, 15) is 9.59 Å². The summed E-state index contributed by atoms with van der Waals surface area (Å²) in [4.78, 5) is 32.3. The molecule has 7 heteroatoms. The van der Waals surface area contributed by atoms with E-state index in [0.717, 1.165) is 30.0 Å². The van der Waals surface area contributed by atoms with Crippen molar-refractivity contribution in [3.05, 3.63) is 95.7 Å². The molecule has 0 unspecified atom stereocenters. The number of nitrogens with zero attached hydrogens (tertiary/aromatic N) is 2. The molecule has 33 heavy (non-hydrogen) atoms. The molecule has 1 aliphatic heterocycles. The van der Waals surface area contributed by atoms with Gasteiger partial charge in [0.15, 0.2) is 0 Å². The number of hydrogen-bond donors (Lipinski definition) is 2. The minimum absolute atomic E-state index is 0.135. The molecule has 2 aromatic carbocycles. The maximum atomic E-state index is 12.9. The van der Waals surface area contributed by atoms with E-state index < -0.39 is 6.04 Å². The van der Waals surface area contributed by atoms with Gasteiger partial charge in [-0.3, -0.25) is 9.59 Å². The summed E-state index contributed by atoms with van der Waals surface area (Å²) in [5.74, 6) is 0.520. The highest BCUT2D eigenvalue weighted by atomic mass is 16.5. The normalized spacial score (nSPS) is 14.4. The molecule has 170 valence electrons. The van der Waals surface area contributed by atoms with Crippen molar-refractivity contribution in [1.82, 2.24) is 15.6 Å². The maximum absolute atomic E-state index is 12.9. The number of ether oxygens (including phenoxy) is 1. The van der Waals surface area contributed by atoms with Crippen LogP contribution in [0.1, 0.15) is 33.9 Å². The Labute approximate surface area is 193 Å². The van der Waals surface area contributed by atoms with Gasteiger partial charge in [-0.15, -0.1) is 0 Å². The van der Waals surface area contributed by atoms with Crippen LogP contribution in [0.5, 0.6) is 0 Å². The van der Waals surface area contributed by atoms with Crippen molar-refractivity contribution in [2.75, 3.05) is 31.2 Å². The molecular formula is C26H28N4O3. The van der Waals surface area contributed by atoms with Gasteiger partial charge in [-0.1, -0.05) is 54.6 Å². The van der Waals surface area contributed by atoms with Gasteiger partial charge in [-0.05, 0) is 23.8 Å². The molecule has 2 N–H and O–H groups in total. The molecule has 0 spiro atoms. The number of carbonyl (C=O) groups is 2. The van der Waals surface area contributed by atoms with E-state index in [1.54, 1.807) is 18.3 Å². The first kappa shape index (κ1) is 22.5. The fraction of sp³-hybridized carbons (Fsp3) is 0.269. The highest BCUT2D eigenvalue weighted by molar-refractivity contribution is 5.94. The lowest BCUT2D eigenvalue weighted by Crippen LogP contribution is -2.38. The summed E-state index contributed by atoms with van der Waals surface area (Å²) < 4.78 is 5.43. The molecule has 7 nitrogen and oxygen atoms in total. The van der Waals surface area contributed by atoms with Crippen LogP contribution in [-0.4, -0.2) is 43.1 Å². The maximum Gasteiger partial charge on any atom is 0.251 e. The fourth-order valence-corrected chi connectivity index (χ4v) is 3.85. The third kappa shape index (κ3) is 6.17. The smallest absolute Gasteiger partial charge is 0.251 e. The molecule has 1 saturated heterocycles. The minimum Gasteiger partial charge on any atom is -0.378 e. The van der Waals surface area contributed by atoms with Gasteiger partial charge in [0.25, 0.3) is 5.91 Å². The first-order valence-corrected chi connectivity index (χ1v) is 11.1. The second-order valence-corrected chi connectivity index (χ2v) is 7.87. The zero-order valence-electron chi connectivity index (χ0n) is 18.4. The minimum atomic E-state index is -0.438. The van der Waals surface area contributed by atoms with E-state index in [1.807, 2.05) is 60.7 Å². The Balaban J connectivity index is 1.42. The summed E-state index contributed by atoms with van der Waals surface area (Å²) in [5, 5.41) is 6.01. The van der Waals surface area contributed by atoms with Crippen LogP contribution in [0.4, 0.5) is 5.82 Å². The van der Waals surface area contributed by atoms with Crippen LogP contribution >= 0.6 is 0 Å². The Morgan fingerprint density at radius 1 is 0.939 bits per heavy atom. The first-order valence-electron chi connectivity index (χ1n) is 11.1. The van der Waals surface area contributed by atoms with Gasteiger partial charge in [-0.25, -0.2) is 4.98 Å². The van der Waals surface area contributed by atoms with Crippen molar-refractivity contribution in [3.8, 4) is 0 Å². The number of nitrogens with one attached hydrogen (secondary N) is 2. The van der Waals surface area contributed by atoms with Gasteiger partial charge in [0.05, 0.1) is 25.7 Å². The largest absolute Gasteiger partial charge is 0.378 e. The van der Waals surface area contributed by atoms with Crippen molar-refractivity contribution in [2.45, 2.75) is 19.0 Å². The number of benzene rings is 2. The van der Waals surface area contributed by atoms with Crippen LogP contribution in [0.3, 0.4) is 0 Å². The van der Waals surface area contributed by atoms with Crippen LogP contribution < -0.4 is 15.5 Å². The van der Waals surface area contributed by atoms with Crippen LogP contribution in [-0.2, 0) is 16.1 Å². The monoisotopic (exact) mass is 444 g/mol. The van der Waals surface area contributed by atoms with Gasteiger partial charge >= 0.3 is 0 Å². The quantitative estimate of drug-likeness (QED) is 0.558. The van der Waals surface area contributed by atoms with E-state index in [4.69, 9.17) is 4.74 Å². The summed E-state index contributed by atoms with van der Waals surface area (Å²) in [5.41, 5.74) is 2.40. The number of rotatable bonds is 8. The highest BCUT2D eigenvalue weighted by Crippen LogP contribution is 2.20. The zero-order valence-corrected chi connectivity index (χ0v) is 18.4. The molecule has 2 amide bonds. The molecule has 3 aromatic rings. The van der Waals surface area contributed by atoms with Crippen molar-refractivity contribution in [1.29, 1.82) is 0 Å². The Bertz CT molecular complexity index is 1050. The molecule has 0 saturated carbocycles. The highest BCUT2D eigenvalue weighted by Gasteiger charge is 2.20. The zero-order chi connectivity index (χ0) is 22.9. The number of pyridine rings is 1. The Morgan fingerprint density at radius 2 is 1.64 bits per heavy atom. The second kappa shape index (κ2) is 11.2. The van der Waals surface area contributed by atoms with Gasteiger partial charge < -0.3 is 20.3 Å². The summed E-state index contributed by atoms with van der Waals surface area (Å²) in [6, 6.07) is 22.0. The third-order valence-corrected chi connectivity index (χ3v) is 5.59. The van der Waals surface area contributed by atoms with Gasteiger partial charge in [0, 0.05) is 37.0 Å². The fourth-order valence-electron chi connectivity index (χ4n) is 3.85. The summed E-state index contributed by atoms with van der Waals surface area (Å²) in [6.45, 7) is 3.26. The van der Waals surface area contributed by atoms with E-state index in [1.165, 1.54) is 0 Å². The summed E-state index contributed by atoms with van der Waals surface area (Å²) >= 11 is 0. The van der Waals surface area contributed by atoms with Gasteiger partial charge in [-0.2, -0.15) is 0 Å². The van der Waals surface area contributed by atoms with Crippen LogP contribution in [0, 0.1) is 0 Å². The lowest BCUT2D eigenvalue weighted by atomic mass is 10.0. The SMILES string of the molecule is O=C(C[C@@H](NC(=O)c1ccccc1)c1ccccc1)NCc1cccnc1N1CCOCC1. The molecular weight excluding hydrogens is 416 g/mol. The Morgan fingerprint density at radius 3 is 2.36 bits per heavy atom. The summed E-state index contributed by atoms with van der Waals surface area (Å²) in [7, 11) is 0. The average molecular weight is 445 g/mol. The molecule has 1 atom stereocenters. The number of hydrogen-bond acceptors (Lipinski definition) is 5. The van der Waals surface area contributed by atoms with Crippen LogP contribution in [0.25, 0.3) is 0 Å². The van der Waals surface area contributed by atoms with Crippen molar-refractivity contribution in [2.24, 2.45) is 0 Å². The summed E-state index contributed by atoms with van der Waals surface area (Å²) in [6.07, 6.45) is 1.90. The Hall–Kier alpha value is -3.71. The molecule has 0 radical (unpaired) electrons. The average Bonchev–Trinajstić information content (AvgIpc) is 2.89. The Kier molecular flexibility index (Phi) is 7.66. The number of anilines is 1. The number of morpholine rings is 1. The van der Waals surface area contributed by atoms with E-state index >= 15 is 0 Å². The lowest BCUT2D eigenvalue weighted by molar-refractivity contribution is -0.121. The molecule has 2 heterocycles. The predicted molar refractivity (Wildman–Crippen MR) is 127 cm³/mol. The third-order valence-electron chi connectivity index (χ3n) is 5.59. The molecule has 1 aliphatic rings. The topological polar surface area (TPSA) is 83.6 Å². The van der Waals surface area contributed by atoms with Crippen molar-refractivity contribution >= 4 is 17.6 Å². The number of aromatic nitrogens is 1. The van der Waals surface area contributed by atoms with Crippen LogP contribution in [0.15, 0.2) is 79.0 Å². The van der Waals surface area contributed by atoms with Crippen LogP contribution in [0.2, 0.25) is 0 Å². The first-order chi connectivity index (χ1) is 16.2. The molecule has 1 fully saturated rings. The predicted octanol–water partition coefficient (Wildman–Crippen LogP) is 3.10. The van der Waals surface area contributed by atoms with Gasteiger partial charge in [0.2, 0.25) is 5.91 Å². The molecule has 4 rings (SSSR count).